The van der Waals surface area contributed by atoms with E-state index in [9.17, 15) is 4.79 Å². The van der Waals surface area contributed by atoms with E-state index in [1.807, 2.05) is 0 Å². The van der Waals surface area contributed by atoms with Crippen LogP contribution < -0.4 is 5.84 Å². The van der Waals surface area contributed by atoms with E-state index in [1.165, 1.54) is 30.7 Å². The van der Waals surface area contributed by atoms with Gasteiger partial charge < -0.3 is 0 Å². The molecule has 0 spiro atoms. The second-order valence-electron chi connectivity index (χ2n) is 2.76. The van der Waals surface area contributed by atoms with Crippen LogP contribution >= 0.6 is 0 Å². The number of nitrogens with two attached hydrogens (primary N) is 1. The summed E-state index contributed by atoms with van der Waals surface area (Å²) in [5, 5.41) is 1.20. The summed E-state index contributed by atoms with van der Waals surface area (Å²) in [5.74, 6) is 5.25. The Kier molecular flexibility index (Phi) is 7.15. The topological polar surface area (TPSA) is 46.3 Å². The summed E-state index contributed by atoms with van der Waals surface area (Å²) in [6.07, 6.45) is 6.65. The lowest BCUT2D eigenvalue weighted by Gasteiger charge is -2.08. The first-order valence-electron chi connectivity index (χ1n) is 4.28. The van der Waals surface area contributed by atoms with E-state index in [0.717, 1.165) is 6.42 Å². The summed E-state index contributed by atoms with van der Waals surface area (Å²) < 4.78 is 0. The number of hydrogen-bond acceptors (Lipinski definition) is 2. The van der Waals surface area contributed by atoms with Crippen LogP contribution in [0.1, 0.15) is 39.0 Å². The molecule has 3 heteroatoms. The minimum atomic E-state index is 0.666. The highest BCUT2D eigenvalue weighted by molar-refractivity contribution is 5.45. The van der Waals surface area contributed by atoms with Gasteiger partial charge in [0.2, 0.25) is 6.41 Å². The van der Waals surface area contributed by atoms with Crippen molar-refractivity contribution in [1.29, 1.82) is 0 Å². The summed E-state index contributed by atoms with van der Waals surface area (Å²) in [6.45, 7) is 2.87. The third-order valence-corrected chi connectivity index (χ3v) is 1.66. The number of hydrogen-bond donors (Lipinski definition) is 1. The average molecular weight is 158 g/mol. The molecule has 0 aliphatic heterocycles. The normalized spacial score (nSPS) is 9.64. The van der Waals surface area contributed by atoms with Crippen molar-refractivity contribution < 1.29 is 4.79 Å². The highest BCUT2D eigenvalue weighted by Gasteiger charge is 1.92. The van der Waals surface area contributed by atoms with Gasteiger partial charge in [-0.05, 0) is 6.42 Å². The number of carbonyl (C=O) groups is 1. The SMILES string of the molecule is CCCCCCCN(N)C=O. The van der Waals surface area contributed by atoms with E-state index in [-0.39, 0.29) is 0 Å². The molecule has 3 nitrogen and oxygen atoms in total. The van der Waals surface area contributed by atoms with E-state index in [2.05, 4.69) is 6.92 Å². The maximum absolute atomic E-state index is 10.0. The molecule has 2 N–H and O–H groups in total. The van der Waals surface area contributed by atoms with Gasteiger partial charge in [0.1, 0.15) is 0 Å². The molecular weight excluding hydrogens is 140 g/mol. The molecule has 11 heavy (non-hydrogen) atoms. The highest BCUT2D eigenvalue weighted by atomic mass is 16.1. The maximum Gasteiger partial charge on any atom is 0.223 e. The molecule has 0 aromatic rings. The number of nitrogens with zero attached hydrogens (tertiary/aromatic N) is 1. The molecule has 66 valence electrons. The minimum absolute atomic E-state index is 0.666. The third kappa shape index (κ3) is 7.33. The van der Waals surface area contributed by atoms with Crippen molar-refractivity contribution in [1.82, 2.24) is 5.01 Å². The van der Waals surface area contributed by atoms with Gasteiger partial charge in [0, 0.05) is 6.54 Å². The lowest BCUT2D eigenvalue weighted by molar-refractivity contribution is -0.118. The molecule has 0 unspecified atom stereocenters. The Morgan fingerprint density at radius 2 is 1.91 bits per heavy atom. The quantitative estimate of drug-likeness (QED) is 0.199. The monoisotopic (exact) mass is 158 g/mol. The van der Waals surface area contributed by atoms with Gasteiger partial charge in [0.15, 0.2) is 0 Å². The predicted octanol–water partition coefficient (Wildman–Crippen LogP) is 1.29. The van der Waals surface area contributed by atoms with E-state index in [4.69, 9.17) is 5.84 Å². The number of carbonyl (C=O) groups excluding carboxylic acids is 1. The fraction of sp³-hybridized carbons (Fsp3) is 0.875. The van der Waals surface area contributed by atoms with Crippen LogP contribution in [-0.4, -0.2) is 18.0 Å². The molecule has 0 bridgehead atoms. The fourth-order valence-corrected chi connectivity index (χ4v) is 0.951. The third-order valence-electron chi connectivity index (χ3n) is 1.66. The molecule has 0 aromatic heterocycles. The number of amides is 1. The Hall–Kier alpha value is -0.570. The molecule has 0 aliphatic carbocycles. The highest BCUT2D eigenvalue weighted by Crippen LogP contribution is 2.01. The first kappa shape index (κ1) is 10.4. The zero-order valence-electron chi connectivity index (χ0n) is 7.25. The lowest BCUT2D eigenvalue weighted by Crippen LogP contribution is -2.30. The van der Waals surface area contributed by atoms with Gasteiger partial charge in [-0.15, -0.1) is 0 Å². The number of hydrazine groups is 1. The number of rotatable bonds is 7. The molecule has 0 heterocycles. The van der Waals surface area contributed by atoms with E-state index in [0.29, 0.717) is 13.0 Å². The molecule has 0 fully saturated rings. The predicted molar refractivity (Wildman–Crippen MR) is 45.7 cm³/mol. The Morgan fingerprint density at radius 1 is 1.27 bits per heavy atom. The van der Waals surface area contributed by atoms with Gasteiger partial charge in [0.25, 0.3) is 0 Å². The van der Waals surface area contributed by atoms with Crippen molar-refractivity contribution in [3.05, 3.63) is 0 Å². The second-order valence-corrected chi connectivity index (χ2v) is 2.76. The Morgan fingerprint density at radius 3 is 2.45 bits per heavy atom. The molecular formula is C8H18N2O. The summed E-state index contributed by atoms with van der Waals surface area (Å²) >= 11 is 0. The fourth-order valence-electron chi connectivity index (χ4n) is 0.951. The van der Waals surface area contributed by atoms with Gasteiger partial charge >= 0.3 is 0 Å². The van der Waals surface area contributed by atoms with Crippen LogP contribution in [0, 0.1) is 0 Å². The van der Waals surface area contributed by atoms with E-state index in [1.54, 1.807) is 0 Å². The Labute approximate surface area is 68.5 Å². The van der Waals surface area contributed by atoms with Crippen molar-refractivity contribution in [3.8, 4) is 0 Å². The van der Waals surface area contributed by atoms with Crippen LogP contribution in [0.5, 0.6) is 0 Å². The van der Waals surface area contributed by atoms with Crippen molar-refractivity contribution in [2.75, 3.05) is 6.54 Å². The second kappa shape index (κ2) is 7.54. The van der Waals surface area contributed by atoms with Crippen LogP contribution in [0.4, 0.5) is 0 Å². The first-order valence-corrected chi connectivity index (χ1v) is 4.28. The molecule has 0 atom stereocenters. The smallest absolute Gasteiger partial charge is 0.223 e. The van der Waals surface area contributed by atoms with Crippen LogP contribution in [0.3, 0.4) is 0 Å². The van der Waals surface area contributed by atoms with Gasteiger partial charge in [0.05, 0.1) is 0 Å². The summed E-state index contributed by atoms with van der Waals surface area (Å²) in [7, 11) is 0. The molecule has 0 aromatic carbocycles. The molecule has 0 aliphatic rings. The van der Waals surface area contributed by atoms with Gasteiger partial charge in [-0.3, -0.25) is 9.80 Å². The molecule has 0 rings (SSSR count). The molecule has 1 amide bonds. The zero-order valence-corrected chi connectivity index (χ0v) is 7.25. The van der Waals surface area contributed by atoms with Gasteiger partial charge in [-0.2, -0.15) is 0 Å². The Balaban J connectivity index is 2.95. The van der Waals surface area contributed by atoms with Crippen LogP contribution in [-0.2, 0) is 4.79 Å². The van der Waals surface area contributed by atoms with Gasteiger partial charge in [-0.25, -0.2) is 5.84 Å². The molecule has 0 saturated heterocycles. The van der Waals surface area contributed by atoms with Crippen LogP contribution in [0.2, 0.25) is 0 Å². The van der Waals surface area contributed by atoms with E-state index >= 15 is 0 Å². The minimum Gasteiger partial charge on any atom is -0.283 e. The number of unbranched alkanes of at least 4 members (excludes halogenated alkanes) is 4. The van der Waals surface area contributed by atoms with Crippen molar-refractivity contribution in [3.63, 3.8) is 0 Å². The molecule has 0 radical (unpaired) electrons. The maximum atomic E-state index is 10.0. The van der Waals surface area contributed by atoms with E-state index < -0.39 is 0 Å². The largest absolute Gasteiger partial charge is 0.283 e. The van der Waals surface area contributed by atoms with Crippen LogP contribution in [0.15, 0.2) is 0 Å². The van der Waals surface area contributed by atoms with Crippen molar-refractivity contribution in [2.45, 2.75) is 39.0 Å². The first-order chi connectivity index (χ1) is 5.31. The lowest BCUT2D eigenvalue weighted by atomic mass is 10.1. The van der Waals surface area contributed by atoms with Gasteiger partial charge in [-0.1, -0.05) is 32.6 Å². The summed E-state index contributed by atoms with van der Waals surface area (Å²) in [5.41, 5.74) is 0. The van der Waals surface area contributed by atoms with Crippen molar-refractivity contribution in [2.24, 2.45) is 5.84 Å². The zero-order chi connectivity index (χ0) is 8.53. The molecule has 0 saturated carbocycles. The standard InChI is InChI=1S/C8H18N2O/c1-2-3-4-5-6-7-10(9)8-11/h8H,2-7,9H2,1H3. The summed E-state index contributed by atoms with van der Waals surface area (Å²) in [4.78, 5) is 10.0. The summed E-state index contributed by atoms with van der Waals surface area (Å²) in [6, 6.07) is 0. The van der Waals surface area contributed by atoms with Crippen LogP contribution in [0.25, 0.3) is 0 Å². The Bertz CT molecular complexity index is 96.1. The van der Waals surface area contributed by atoms with Crippen molar-refractivity contribution >= 4 is 6.41 Å². The average Bonchev–Trinajstić information content (AvgIpc) is 2.04.